The molecule has 0 spiro atoms. The Morgan fingerprint density at radius 1 is 1.36 bits per heavy atom. The number of rotatable bonds is 4. The number of carbonyl (C=O) groups excluding carboxylic acids is 1. The lowest BCUT2D eigenvalue weighted by Crippen LogP contribution is -2.56. The number of carbonyl (C=O) groups is 2. The number of nitro groups is 1. The number of nitrogens with zero attached hydrogens (tertiary/aromatic N) is 1. The van der Waals surface area contributed by atoms with E-state index in [1.807, 2.05) is 0 Å². The van der Waals surface area contributed by atoms with Gasteiger partial charge in [0.15, 0.2) is 0 Å². The van der Waals surface area contributed by atoms with Crippen molar-refractivity contribution in [3.8, 4) is 0 Å². The number of amides is 1. The SMILES string of the molecule is Cc1cc([N+](=O)[O-])ccc1C(=O)NC1(C(=O)O)CCSCC1. The van der Waals surface area contributed by atoms with Gasteiger partial charge in [0.1, 0.15) is 5.54 Å². The van der Waals surface area contributed by atoms with Crippen molar-refractivity contribution in [2.75, 3.05) is 11.5 Å². The lowest BCUT2D eigenvalue weighted by Gasteiger charge is -2.33. The van der Waals surface area contributed by atoms with Crippen molar-refractivity contribution in [2.24, 2.45) is 0 Å². The molecule has 0 saturated carbocycles. The van der Waals surface area contributed by atoms with Crippen LogP contribution in [0.15, 0.2) is 18.2 Å². The Hall–Kier alpha value is -2.09. The Bertz CT molecular complexity index is 626. The highest BCUT2D eigenvalue weighted by Crippen LogP contribution is 2.28. The summed E-state index contributed by atoms with van der Waals surface area (Å²) in [5, 5.41) is 22.8. The first-order valence-electron chi connectivity index (χ1n) is 6.74. The molecule has 1 aromatic carbocycles. The van der Waals surface area contributed by atoms with Gasteiger partial charge in [-0.05, 0) is 42.9 Å². The number of hydrogen-bond acceptors (Lipinski definition) is 5. The van der Waals surface area contributed by atoms with Crippen LogP contribution >= 0.6 is 11.8 Å². The van der Waals surface area contributed by atoms with E-state index in [1.165, 1.54) is 18.2 Å². The van der Waals surface area contributed by atoms with E-state index in [0.717, 1.165) is 0 Å². The molecule has 0 unspecified atom stereocenters. The van der Waals surface area contributed by atoms with Crippen LogP contribution in [0, 0.1) is 17.0 Å². The molecule has 1 aliphatic heterocycles. The van der Waals surface area contributed by atoms with Crippen molar-refractivity contribution in [2.45, 2.75) is 25.3 Å². The van der Waals surface area contributed by atoms with Crippen LogP contribution in [0.2, 0.25) is 0 Å². The van der Waals surface area contributed by atoms with E-state index < -0.39 is 22.3 Å². The normalized spacial score (nSPS) is 16.8. The highest BCUT2D eigenvalue weighted by Gasteiger charge is 2.41. The fourth-order valence-corrected chi connectivity index (χ4v) is 3.60. The zero-order chi connectivity index (χ0) is 16.3. The van der Waals surface area contributed by atoms with E-state index >= 15 is 0 Å². The van der Waals surface area contributed by atoms with Crippen LogP contribution < -0.4 is 5.32 Å². The number of hydrogen-bond donors (Lipinski definition) is 2. The van der Waals surface area contributed by atoms with Crippen molar-refractivity contribution in [3.05, 3.63) is 39.4 Å². The third kappa shape index (κ3) is 3.22. The Labute approximate surface area is 131 Å². The van der Waals surface area contributed by atoms with E-state index in [-0.39, 0.29) is 11.3 Å². The van der Waals surface area contributed by atoms with Gasteiger partial charge >= 0.3 is 5.97 Å². The number of carboxylic acids is 1. The van der Waals surface area contributed by atoms with Crippen LogP contribution in [-0.2, 0) is 4.79 Å². The molecule has 2 N–H and O–H groups in total. The van der Waals surface area contributed by atoms with Gasteiger partial charge in [0.05, 0.1) is 4.92 Å². The summed E-state index contributed by atoms with van der Waals surface area (Å²) in [7, 11) is 0. The standard InChI is InChI=1S/C14H16N2O5S/c1-9-8-10(16(20)21)2-3-11(9)12(17)15-14(13(18)19)4-6-22-7-5-14/h2-3,8H,4-7H2,1H3,(H,15,17)(H,18,19). The summed E-state index contributed by atoms with van der Waals surface area (Å²) in [6, 6.07) is 3.90. The smallest absolute Gasteiger partial charge is 0.329 e. The predicted molar refractivity (Wildman–Crippen MR) is 82.2 cm³/mol. The van der Waals surface area contributed by atoms with Gasteiger partial charge in [-0.2, -0.15) is 11.8 Å². The van der Waals surface area contributed by atoms with Crippen molar-refractivity contribution < 1.29 is 19.6 Å². The average molecular weight is 324 g/mol. The third-order valence-electron chi connectivity index (χ3n) is 3.77. The minimum absolute atomic E-state index is 0.101. The summed E-state index contributed by atoms with van der Waals surface area (Å²) in [6.07, 6.45) is 0.732. The number of aliphatic carboxylic acids is 1. The van der Waals surface area contributed by atoms with Crippen LogP contribution in [-0.4, -0.2) is 39.0 Å². The summed E-state index contributed by atoms with van der Waals surface area (Å²) in [5.74, 6) is -0.208. The van der Waals surface area contributed by atoms with Crippen molar-refractivity contribution in [1.82, 2.24) is 5.32 Å². The molecular weight excluding hydrogens is 308 g/mol. The lowest BCUT2D eigenvalue weighted by atomic mass is 9.91. The largest absolute Gasteiger partial charge is 0.480 e. The molecule has 1 heterocycles. The molecule has 7 nitrogen and oxygen atoms in total. The van der Waals surface area contributed by atoms with Crippen molar-refractivity contribution in [1.29, 1.82) is 0 Å². The molecule has 1 amide bonds. The first kappa shape index (κ1) is 16.3. The van der Waals surface area contributed by atoms with Crippen LogP contribution in [0.4, 0.5) is 5.69 Å². The fraction of sp³-hybridized carbons (Fsp3) is 0.429. The van der Waals surface area contributed by atoms with Crippen molar-refractivity contribution >= 4 is 29.3 Å². The summed E-state index contributed by atoms with van der Waals surface area (Å²) < 4.78 is 0. The number of non-ortho nitro benzene ring substituents is 1. The van der Waals surface area contributed by atoms with Gasteiger partial charge in [-0.1, -0.05) is 0 Å². The van der Waals surface area contributed by atoms with Crippen molar-refractivity contribution in [3.63, 3.8) is 0 Å². The molecule has 0 aliphatic carbocycles. The van der Waals surface area contributed by atoms with Crippen LogP contribution in [0.5, 0.6) is 0 Å². The number of nitrogens with one attached hydrogen (secondary N) is 1. The van der Waals surface area contributed by atoms with Crippen LogP contribution in [0.3, 0.4) is 0 Å². The van der Waals surface area contributed by atoms with E-state index in [2.05, 4.69) is 5.32 Å². The summed E-state index contributed by atoms with van der Waals surface area (Å²) in [6.45, 7) is 1.59. The van der Waals surface area contributed by atoms with Crippen LogP contribution in [0.25, 0.3) is 0 Å². The number of aryl methyl sites for hydroxylation is 1. The molecule has 1 aromatic rings. The number of nitro benzene ring substituents is 1. The molecule has 0 aromatic heterocycles. The maximum Gasteiger partial charge on any atom is 0.329 e. The second kappa shape index (κ2) is 6.35. The average Bonchev–Trinajstić information content (AvgIpc) is 2.47. The first-order chi connectivity index (χ1) is 10.4. The number of carboxylic acid groups (broad SMARTS) is 1. The Kier molecular flexibility index (Phi) is 4.70. The van der Waals surface area contributed by atoms with Gasteiger partial charge in [-0.15, -0.1) is 0 Å². The topological polar surface area (TPSA) is 110 Å². The van der Waals surface area contributed by atoms with Gasteiger partial charge < -0.3 is 10.4 Å². The molecule has 0 bridgehead atoms. The molecular formula is C14H16N2O5S. The van der Waals surface area contributed by atoms with Gasteiger partial charge in [-0.25, -0.2) is 4.79 Å². The molecule has 1 saturated heterocycles. The number of thioether (sulfide) groups is 1. The zero-order valence-corrected chi connectivity index (χ0v) is 12.8. The minimum atomic E-state index is -1.25. The zero-order valence-electron chi connectivity index (χ0n) is 12.0. The maximum atomic E-state index is 12.4. The van der Waals surface area contributed by atoms with E-state index in [0.29, 0.717) is 29.9 Å². The molecule has 0 atom stereocenters. The van der Waals surface area contributed by atoms with E-state index in [1.54, 1.807) is 18.7 Å². The molecule has 8 heteroatoms. The second-order valence-corrected chi connectivity index (χ2v) is 6.43. The summed E-state index contributed by atoms with van der Waals surface area (Å²) in [4.78, 5) is 34.1. The Morgan fingerprint density at radius 3 is 2.50 bits per heavy atom. The second-order valence-electron chi connectivity index (χ2n) is 5.21. The quantitative estimate of drug-likeness (QED) is 0.647. The minimum Gasteiger partial charge on any atom is -0.480 e. The van der Waals surface area contributed by atoms with E-state index in [9.17, 15) is 24.8 Å². The third-order valence-corrected chi connectivity index (χ3v) is 4.76. The number of benzene rings is 1. The summed E-state index contributed by atoms with van der Waals surface area (Å²) >= 11 is 1.66. The highest BCUT2D eigenvalue weighted by atomic mass is 32.2. The molecule has 2 rings (SSSR count). The first-order valence-corrected chi connectivity index (χ1v) is 7.90. The lowest BCUT2D eigenvalue weighted by molar-refractivity contribution is -0.384. The van der Waals surface area contributed by atoms with Gasteiger partial charge in [0.2, 0.25) is 0 Å². The van der Waals surface area contributed by atoms with E-state index in [4.69, 9.17) is 0 Å². The summed E-state index contributed by atoms with van der Waals surface area (Å²) in [5.41, 5.74) is -0.658. The van der Waals surface area contributed by atoms with Crippen LogP contribution in [0.1, 0.15) is 28.8 Å². The fourth-order valence-electron chi connectivity index (χ4n) is 2.41. The maximum absolute atomic E-state index is 12.4. The molecule has 118 valence electrons. The van der Waals surface area contributed by atoms with Gasteiger partial charge in [-0.3, -0.25) is 14.9 Å². The predicted octanol–water partition coefficient (Wildman–Crippen LogP) is 1.98. The molecule has 0 radical (unpaired) electrons. The monoisotopic (exact) mass is 324 g/mol. The molecule has 1 aliphatic rings. The molecule has 1 fully saturated rings. The van der Waals surface area contributed by atoms with Gasteiger partial charge in [0.25, 0.3) is 11.6 Å². The molecule has 22 heavy (non-hydrogen) atoms. The van der Waals surface area contributed by atoms with Gasteiger partial charge in [0, 0.05) is 17.7 Å². The highest BCUT2D eigenvalue weighted by molar-refractivity contribution is 7.99. The Balaban J connectivity index is 2.24. The Morgan fingerprint density at radius 2 is 2.00 bits per heavy atom.